The molecular formula is C9H16N4O2. The van der Waals surface area contributed by atoms with Gasteiger partial charge in [-0.2, -0.15) is 4.98 Å². The molecule has 0 saturated carbocycles. The molecule has 0 aromatic carbocycles. The molecule has 1 rings (SSSR count). The molecule has 0 aliphatic carbocycles. The first-order chi connectivity index (χ1) is 7.24. The highest BCUT2D eigenvalue weighted by molar-refractivity contribution is 5.81. The number of rotatable bonds is 6. The van der Waals surface area contributed by atoms with E-state index in [1.165, 1.54) is 6.39 Å². The largest absolute Gasteiger partial charge is 0.347 e. The fourth-order valence-corrected chi connectivity index (χ4v) is 1.12. The molecule has 6 nitrogen and oxygen atoms in total. The lowest BCUT2D eigenvalue weighted by Gasteiger charge is -2.09. The Labute approximate surface area is 88.2 Å². The number of unbranched alkanes of at least 4 members (excludes halogenated alkanes) is 1. The van der Waals surface area contributed by atoms with Crippen molar-refractivity contribution < 1.29 is 9.32 Å². The topological polar surface area (TPSA) is 94.0 Å². The number of amides is 1. The van der Waals surface area contributed by atoms with E-state index in [0.717, 1.165) is 12.8 Å². The summed E-state index contributed by atoms with van der Waals surface area (Å²) in [5.41, 5.74) is 5.67. The van der Waals surface area contributed by atoms with Crippen LogP contribution in [-0.4, -0.2) is 22.1 Å². The molecule has 84 valence electrons. The summed E-state index contributed by atoms with van der Waals surface area (Å²) < 4.78 is 4.53. The highest BCUT2D eigenvalue weighted by Crippen LogP contribution is 1.98. The second kappa shape index (κ2) is 6.13. The first-order valence-electron chi connectivity index (χ1n) is 5.02. The van der Waals surface area contributed by atoms with Gasteiger partial charge in [-0.05, 0) is 6.42 Å². The lowest BCUT2D eigenvalue weighted by atomic mass is 10.1. The maximum atomic E-state index is 11.4. The third-order valence-corrected chi connectivity index (χ3v) is 2.03. The first-order valence-corrected chi connectivity index (χ1v) is 5.02. The molecule has 1 aromatic rings. The third-order valence-electron chi connectivity index (χ3n) is 2.03. The van der Waals surface area contributed by atoms with Crippen molar-refractivity contribution in [2.24, 2.45) is 5.73 Å². The first kappa shape index (κ1) is 11.6. The van der Waals surface area contributed by atoms with Gasteiger partial charge in [-0.3, -0.25) is 4.79 Å². The van der Waals surface area contributed by atoms with Crippen LogP contribution in [0, 0.1) is 0 Å². The van der Waals surface area contributed by atoms with E-state index in [-0.39, 0.29) is 12.5 Å². The Morgan fingerprint density at radius 2 is 2.53 bits per heavy atom. The van der Waals surface area contributed by atoms with Crippen LogP contribution in [-0.2, 0) is 11.3 Å². The van der Waals surface area contributed by atoms with Gasteiger partial charge in [0.15, 0.2) is 5.82 Å². The molecule has 1 aromatic heterocycles. The molecule has 0 unspecified atom stereocenters. The predicted molar refractivity (Wildman–Crippen MR) is 53.6 cm³/mol. The van der Waals surface area contributed by atoms with E-state index in [4.69, 9.17) is 5.73 Å². The van der Waals surface area contributed by atoms with Crippen LogP contribution in [0.2, 0.25) is 0 Å². The number of carbonyl (C=O) groups excluding carboxylic acids is 1. The van der Waals surface area contributed by atoms with Crippen molar-refractivity contribution in [2.45, 2.75) is 38.8 Å². The van der Waals surface area contributed by atoms with E-state index in [1.54, 1.807) is 0 Å². The average molecular weight is 212 g/mol. The molecule has 0 saturated heterocycles. The Morgan fingerprint density at radius 3 is 3.13 bits per heavy atom. The molecule has 0 aliphatic heterocycles. The van der Waals surface area contributed by atoms with Crippen molar-refractivity contribution >= 4 is 5.91 Å². The fraction of sp³-hybridized carbons (Fsp3) is 0.667. The highest BCUT2D eigenvalue weighted by Gasteiger charge is 2.12. The van der Waals surface area contributed by atoms with Gasteiger partial charge in [0.25, 0.3) is 0 Å². The highest BCUT2D eigenvalue weighted by atomic mass is 16.5. The number of nitrogens with one attached hydrogen (secondary N) is 1. The van der Waals surface area contributed by atoms with Crippen molar-refractivity contribution in [1.82, 2.24) is 15.5 Å². The Balaban J connectivity index is 2.23. The van der Waals surface area contributed by atoms with Gasteiger partial charge in [-0.15, -0.1) is 0 Å². The molecule has 1 atom stereocenters. The summed E-state index contributed by atoms with van der Waals surface area (Å²) in [6, 6.07) is -0.447. The molecule has 1 heterocycles. The minimum Gasteiger partial charge on any atom is -0.347 e. The van der Waals surface area contributed by atoms with Crippen molar-refractivity contribution in [1.29, 1.82) is 0 Å². The van der Waals surface area contributed by atoms with Gasteiger partial charge in [-0.25, -0.2) is 0 Å². The number of nitrogens with zero attached hydrogens (tertiary/aromatic N) is 2. The van der Waals surface area contributed by atoms with Crippen molar-refractivity contribution in [2.75, 3.05) is 0 Å². The summed E-state index contributed by atoms with van der Waals surface area (Å²) >= 11 is 0. The number of aromatic nitrogens is 2. The zero-order valence-electron chi connectivity index (χ0n) is 8.77. The van der Waals surface area contributed by atoms with Crippen LogP contribution in [0.5, 0.6) is 0 Å². The van der Waals surface area contributed by atoms with Crippen molar-refractivity contribution in [3.05, 3.63) is 12.2 Å². The second-order valence-electron chi connectivity index (χ2n) is 3.31. The Kier molecular flexibility index (Phi) is 4.76. The van der Waals surface area contributed by atoms with Gasteiger partial charge in [-0.1, -0.05) is 24.9 Å². The van der Waals surface area contributed by atoms with Crippen LogP contribution in [0.25, 0.3) is 0 Å². The molecule has 0 fully saturated rings. The molecule has 15 heavy (non-hydrogen) atoms. The SMILES string of the molecule is CCCC[C@H](N)C(=O)NCc1ncon1. The Hall–Kier alpha value is -1.43. The molecule has 3 N–H and O–H groups in total. The van der Waals surface area contributed by atoms with E-state index < -0.39 is 6.04 Å². The zero-order chi connectivity index (χ0) is 11.1. The number of nitrogens with two attached hydrogens (primary N) is 1. The molecule has 1 amide bonds. The van der Waals surface area contributed by atoms with Crippen molar-refractivity contribution in [3.63, 3.8) is 0 Å². The minimum atomic E-state index is -0.447. The average Bonchev–Trinajstić information content (AvgIpc) is 2.75. The number of carbonyl (C=O) groups is 1. The van der Waals surface area contributed by atoms with E-state index in [1.807, 2.05) is 0 Å². The van der Waals surface area contributed by atoms with Gasteiger partial charge in [0.1, 0.15) is 0 Å². The van der Waals surface area contributed by atoms with E-state index in [9.17, 15) is 4.79 Å². The van der Waals surface area contributed by atoms with Gasteiger partial charge in [0.05, 0.1) is 12.6 Å². The Morgan fingerprint density at radius 1 is 1.73 bits per heavy atom. The standard InChI is InChI=1S/C9H16N4O2/c1-2-3-4-7(10)9(14)11-5-8-12-6-15-13-8/h6-7H,2-5,10H2,1H3,(H,11,14)/t7-/m0/s1. The van der Waals surface area contributed by atoms with E-state index >= 15 is 0 Å². The van der Waals surface area contributed by atoms with Gasteiger partial charge >= 0.3 is 0 Å². The summed E-state index contributed by atoms with van der Waals surface area (Å²) in [7, 11) is 0. The zero-order valence-corrected chi connectivity index (χ0v) is 8.77. The molecule has 0 radical (unpaired) electrons. The van der Waals surface area contributed by atoms with E-state index in [2.05, 4.69) is 26.9 Å². The normalized spacial score (nSPS) is 12.4. The van der Waals surface area contributed by atoms with Crippen LogP contribution < -0.4 is 11.1 Å². The van der Waals surface area contributed by atoms with Gasteiger partial charge in [0, 0.05) is 0 Å². The lowest BCUT2D eigenvalue weighted by molar-refractivity contribution is -0.122. The van der Waals surface area contributed by atoms with Crippen LogP contribution >= 0.6 is 0 Å². The van der Waals surface area contributed by atoms with Gasteiger partial charge in [0.2, 0.25) is 12.3 Å². The number of hydrogen-bond donors (Lipinski definition) is 2. The third kappa shape index (κ3) is 4.07. The summed E-state index contributed by atoms with van der Waals surface area (Å²) in [6.07, 6.45) is 3.91. The van der Waals surface area contributed by atoms with Crippen LogP contribution in [0.15, 0.2) is 10.9 Å². The molecule has 0 spiro atoms. The quantitative estimate of drug-likeness (QED) is 0.702. The minimum absolute atomic E-state index is 0.173. The maximum Gasteiger partial charge on any atom is 0.237 e. The Bertz CT molecular complexity index is 286. The summed E-state index contributed by atoms with van der Waals surface area (Å²) in [6.45, 7) is 2.32. The van der Waals surface area contributed by atoms with Crippen LogP contribution in [0.4, 0.5) is 0 Å². The predicted octanol–water partition coefficient (Wildman–Crippen LogP) is 0.203. The van der Waals surface area contributed by atoms with Gasteiger partial charge < -0.3 is 15.6 Å². The smallest absolute Gasteiger partial charge is 0.237 e. The monoisotopic (exact) mass is 212 g/mol. The molecule has 0 aliphatic rings. The second-order valence-corrected chi connectivity index (χ2v) is 3.31. The molecule has 0 bridgehead atoms. The van der Waals surface area contributed by atoms with Crippen molar-refractivity contribution in [3.8, 4) is 0 Å². The fourth-order valence-electron chi connectivity index (χ4n) is 1.12. The van der Waals surface area contributed by atoms with Crippen LogP contribution in [0.1, 0.15) is 32.0 Å². The number of hydrogen-bond acceptors (Lipinski definition) is 5. The summed E-state index contributed by atoms with van der Waals surface area (Å²) in [4.78, 5) is 15.2. The summed E-state index contributed by atoms with van der Waals surface area (Å²) in [5, 5.41) is 6.21. The van der Waals surface area contributed by atoms with Crippen LogP contribution in [0.3, 0.4) is 0 Å². The lowest BCUT2D eigenvalue weighted by Crippen LogP contribution is -2.40. The molecular weight excluding hydrogens is 196 g/mol. The maximum absolute atomic E-state index is 11.4. The van der Waals surface area contributed by atoms with E-state index in [0.29, 0.717) is 12.2 Å². The summed E-state index contributed by atoms with van der Waals surface area (Å²) in [5.74, 6) is 0.277. The molecule has 6 heteroatoms.